The summed E-state index contributed by atoms with van der Waals surface area (Å²) in [5.41, 5.74) is -6.12. The molecule has 0 saturated carbocycles. The molecule has 388 valence electrons. The van der Waals surface area contributed by atoms with Gasteiger partial charge in [-0.05, 0) is 87.8 Å². The van der Waals surface area contributed by atoms with Gasteiger partial charge in [-0.15, -0.1) is 0 Å². The van der Waals surface area contributed by atoms with Crippen molar-refractivity contribution in [2.75, 3.05) is 19.7 Å². The van der Waals surface area contributed by atoms with Crippen LogP contribution in [0.2, 0.25) is 0 Å². The Morgan fingerprint density at radius 2 is 1.03 bits per heavy atom. The number of hydrogen-bond acceptors (Lipinski definition) is 8. The van der Waals surface area contributed by atoms with Gasteiger partial charge in [-0.2, -0.15) is 0 Å². The summed E-state index contributed by atoms with van der Waals surface area (Å²) >= 11 is 0. The minimum absolute atomic E-state index is 0.110. The SMILES string of the molecule is CCCCN1C(=O)C(C(C)(C)CC(C)(C)C(C)(C)C2C(=O)N(CCCn3ccnc3)C(=O)C2C(C)(C)CC(C)(C)C)C(C(C)(C)C(C)(C)CC(C)(C)C(C(=O)O)C(C(=O)OCC)C(C)(C)C)C1=O. The highest BCUT2D eigenvalue weighted by Gasteiger charge is 2.66. The van der Waals surface area contributed by atoms with Crippen LogP contribution in [0.4, 0.5) is 0 Å². The summed E-state index contributed by atoms with van der Waals surface area (Å²) < 4.78 is 7.46. The van der Waals surface area contributed by atoms with E-state index in [2.05, 4.69) is 109 Å². The molecule has 1 N–H and O–H groups in total. The number of esters is 1. The van der Waals surface area contributed by atoms with E-state index in [0.717, 1.165) is 12.8 Å². The highest BCUT2D eigenvalue weighted by atomic mass is 16.5. The molecule has 68 heavy (non-hydrogen) atoms. The van der Waals surface area contributed by atoms with Crippen LogP contribution >= 0.6 is 0 Å². The highest BCUT2D eigenvalue weighted by molar-refractivity contribution is 6.06. The van der Waals surface area contributed by atoms with Crippen LogP contribution < -0.4 is 0 Å². The Bertz CT molecular complexity index is 1980. The van der Waals surface area contributed by atoms with Crippen molar-refractivity contribution in [1.82, 2.24) is 19.4 Å². The number of carboxylic acids is 1. The number of carbonyl (C=O) groups is 6. The van der Waals surface area contributed by atoms with Crippen LogP contribution in [0.3, 0.4) is 0 Å². The molecule has 6 atom stereocenters. The number of carboxylic acid groups (broad SMARTS) is 1. The number of imide groups is 2. The van der Waals surface area contributed by atoms with Gasteiger partial charge in [0.1, 0.15) is 0 Å². The molecule has 12 nitrogen and oxygen atoms in total. The fraction of sp³-hybridized carbons (Fsp3) is 0.839. The van der Waals surface area contributed by atoms with Crippen LogP contribution in [0.25, 0.3) is 0 Å². The van der Waals surface area contributed by atoms with Crippen LogP contribution in [-0.2, 0) is 40.0 Å². The summed E-state index contributed by atoms with van der Waals surface area (Å²) in [4.78, 5) is 94.4. The first-order chi connectivity index (χ1) is 30.6. The lowest BCUT2D eigenvalue weighted by Gasteiger charge is -2.55. The molecular formula is C56H96N4O8. The third-order valence-corrected chi connectivity index (χ3v) is 17.3. The maximum atomic E-state index is 15.2. The van der Waals surface area contributed by atoms with E-state index in [9.17, 15) is 19.5 Å². The number of imidazole rings is 1. The van der Waals surface area contributed by atoms with Crippen LogP contribution in [0.1, 0.15) is 191 Å². The van der Waals surface area contributed by atoms with Crippen molar-refractivity contribution >= 4 is 35.6 Å². The molecular weight excluding hydrogens is 857 g/mol. The largest absolute Gasteiger partial charge is 0.481 e. The minimum Gasteiger partial charge on any atom is -0.481 e. The molecule has 2 aliphatic heterocycles. The molecule has 1 aromatic heterocycles. The molecule has 0 aromatic carbocycles. The number of amides is 4. The first-order valence-corrected chi connectivity index (χ1v) is 25.7. The van der Waals surface area contributed by atoms with Gasteiger partial charge in [0.05, 0.1) is 48.4 Å². The molecule has 0 aliphatic carbocycles. The maximum Gasteiger partial charge on any atom is 0.310 e. The average molecular weight is 953 g/mol. The summed E-state index contributed by atoms with van der Waals surface area (Å²) in [6, 6.07) is 0. The van der Waals surface area contributed by atoms with Crippen LogP contribution in [-0.4, -0.2) is 79.7 Å². The minimum atomic E-state index is -1.11. The van der Waals surface area contributed by atoms with Gasteiger partial charge in [0.25, 0.3) is 0 Å². The van der Waals surface area contributed by atoms with E-state index in [1.807, 2.05) is 52.3 Å². The molecule has 12 heteroatoms. The second-order valence-corrected chi connectivity index (χ2v) is 27.8. The smallest absolute Gasteiger partial charge is 0.310 e. The highest BCUT2D eigenvalue weighted by Crippen LogP contribution is 2.64. The average Bonchev–Trinajstić information content (AvgIpc) is 3.82. The van der Waals surface area contributed by atoms with E-state index < -0.39 is 90.8 Å². The lowest BCUT2D eigenvalue weighted by Crippen LogP contribution is -2.53. The quantitative estimate of drug-likeness (QED) is 0.0833. The van der Waals surface area contributed by atoms with Crippen molar-refractivity contribution in [1.29, 1.82) is 0 Å². The third kappa shape index (κ3) is 11.9. The van der Waals surface area contributed by atoms with E-state index in [1.165, 1.54) is 9.80 Å². The number of rotatable bonds is 23. The normalized spacial score (nSPS) is 21.8. The molecule has 2 aliphatic rings. The zero-order chi connectivity index (χ0) is 52.8. The van der Waals surface area contributed by atoms with Crippen molar-refractivity contribution in [3.8, 4) is 0 Å². The number of nitrogens with zero attached hydrogens (tertiary/aromatic N) is 4. The van der Waals surface area contributed by atoms with Gasteiger partial charge in [0, 0.05) is 32.0 Å². The lowest BCUT2D eigenvalue weighted by atomic mass is 9.48. The van der Waals surface area contributed by atoms with Gasteiger partial charge in [0.15, 0.2) is 0 Å². The molecule has 2 saturated heterocycles. The number of carbonyl (C=O) groups excluding carboxylic acids is 5. The Hall–Kier alpha value is -3.57. The number of aliphatic carboxylic acids is 1. The van der Waals surface area contributed by atoms with E-state index in [-0.39, 0.29) is 35.7 Å². The summed E-state index contributed by atoms with van der Waals surface area (Å²) in [7, 11) is 0. The predicted molar refractivity (Wildman–Crippen MR) is 270 cm³/mol. The summed E-state index contributed by atoms with van der Waals surface area (Å²) in [5, 5.41) is 10.9. The first kappa shape index (κ1) is 58.7. The Morgan fingerprint density at radius 1 is 0.603 bits per heavy atom. The molecule has 2 fully saturated rings. The second-order valence-electron chi connectivity index (χ2n) is 27.8. The van der Waals surface area contributed by atoms with Crippen molar-refractivity contribution in [3.05, 3.63) is 18.7 Å². The fourth-order valence-corrected chi connectivity index (χ4v) is 13.5. The monoisotopic (exact) mass is 953 g/mol. The summed E-state index contributed by atoms with van der Waals surface area (Å²) in [6.45, 7) is 46.3. The van der Waals surface area contributed by atoms with Gasteiger partial charge >= 0.3 is 11.9 Å². The standard InChI is InChI=1S/C56H96N4O8/c1-23-25-29-59-43(62)37(39(44(59)63)56(21,22)54(17,18)34-52(13,14)40(46(65)66)41(49(6,7)8)47(67)68-24-2)51(11,12)33-53(15,16)55(19,20)38-36(50(9,10)32-48(3,4)5)42(61)60(45(38)64)30-26-28-58-31-27-57-35-58/h27,31,35-41H,23-26,28-30,32-34H2,1-22H3,(H,65,66). The van der Waals surface area contributed by atoms with Crippen molar-refractivity contribution in [2.24, 2.45) is 84.2 Å². The predicted octanol–water partition coefficient (Wildman–Crippen LogP) is 11.6. The van der Waals surface area contributed by atoms with Gasteiger partial charge in [-0.3, -0.25) is 38.6 Å². The van der Waals surface area contributed by atoms with Gasteiger partial charge in [0.2, 0.25) is 23.6 Å². The van der Waals surface area contributed by atoms with E-state index >= 15 is 14.4 Å². The van der Waals surface area contributed by atoms with Crippen molar-refractivity contribution in [3.63, 3.8) is 0 Å². The van der Waals surface area contributed by atoms with Gasteiger partial charge in [-0.1, -0.05) is 152 Å². The molecule has 0 radical (unpaired) electrons. The maximum absolute atomic E-state index is 15.2. The Balaban J connectivity index is 2.18. The number of ether oxygens (including phenoxy) is 1. The fourth-order valence-electron chi connectivity index (χ4n) is 13.5. The number of unbranched alkanes of at least 4 members (excludes halogenated alkanes) is 1. The van der Waals surface area contributed by atoms with Gasteiger partial charge < -0.3 is 14.4 Å². The summed E-state index contributed by atoms with van der Waals surface area (Å²) in [5.74, 6) is -7.10. The summed E-state index contributed by atoms with van der Waals surface area (Å²) in [6.07, 6.45) is 8.93. The van der Waals surface area contributed by atoms with Gasteiger partial charge in [-0.25, -0.2) is 4.98 Å². The van der Waals surface area contributed by atoms with Crippen LogP contribution in [0, 0.1) is 84.2 Å². The molecule has 1 aromatic rings. The molecule has 4 amide bonds. The van der Waals surface area contributed by atoms with Crippen LogP contribution in [0.5, 0.6) is 0 Å². The molecule has 3 heterocycles. The Morgan fingerprint density at radius 3 is 1.41 bits per heavy atom. The third-order valence-electron chi connectivity index (χ3n) is 17.3. The first-order valence-electron chi connectivity index (χ1n) is 25.7. The molecule has 0 bridgehead atoms. The second kappa shape index (κ2) is 20.3. The van der Waals surface area contributed by atoms with Crippen LogP contribution in [0.15, 0.2) is 18.7 Å². The van der Waals surface area contributed by atoms with Crippen molar-refractivity contribution in [2.45, 2.75) is 197 Å². The number of likely N-dealkylation sites (tertiary alicyclic amines) is 2. The number of aromatic nitrogens is 2. The van der Waals surface area contributed by atoms with E-state index in [0.29, 0.717) is 45.3 Å². The zero-order valence-electron chi connectivity index (χ0n) is 46.9. The van der Waals surface area contributed by atoms with Crippen molar-refractivity contribution < 1.29 is 38.6 Å². The lowest BCUT2D eigenvalue weighted by molar-refractivity contribution is -0.170. The molecule has 3 rings (SSSR count). The topological polar surface area (TPSA) is 156 Å². The van der Waals surface area contributed by atoms with E-state index in [4.69, 9.17) is 4.74 Å². The Labute approximate surface area is 412 Å². The molecule has 0 spiro atoms. The molecule has 6 unspecified atom stereocenters. The number of hydrogen-bond donors (Lipinski definition) is 1. The Kier molecular flexibility index (Phi) is 17.5. The zero-order valence-corrected chi connectivity index (χ0v) is 46.9. The van der Waals surface area contributed by atoms with E-state index in [1.54, 1.807) is 19.4 Å². The number of aryl methyl sites for hydroxylation is 1.